The molecule has 0 N–H and O–H groups in total. The number of nitrogens with zero attached hydrogens (tertiary/aromatic N) is 5. The van der Waals surface area contributed by atoms with E-state index < -0.39 is 10.0 Å². The lowest BCUT2D eigenvalue weighted by atomic mass is 10.2. The van der Waals surface area contributed by atoms with E-state index in [4.69, 9.17) is 0 Å². The molecule has 0 radical (unpaired) electrons. The molecule has 8 nitrogen and oxygen atoms in total. The Morgan fingerprint density at radius 1 is 1.35 bits per heavy atom. The molecule has 128 valence electrons. The third-order valence-corrected chi connectivity index (χ3v) is 6.40. The summed E-state index contributed by atoms with van der Waals surface area (Å²) in [5, 5.41) is 8.19. The molecule has 1 aromatic rings. The monoisotopic (exact) mass is 341 g/mol. The van der Waals surface area contributed by atoms with Gasteiger partial charge in [0, 0.05) is 26.1 Å². The Morgan fingerprint density at radius 2 is 2.09 bits per heavy atom. The van der Waals surface area contributed by atoms with E-state index in [2.05, 4.69) is 10.3 Å². The molecule has 3 heterocycles. The molecule has 2 saturated heterocycles. The van der Waals surface area contributed by atoms with Crippen molar-refractivity contribution in [2.75, 3.05) is 25.4 Å². The van der Waals surface area contributed by atoms with Crippen LogP contribution >= 0.6 is 0 Å². The maximum absolute atomic E-state index is 12.1. The molecule has 2 aliphatic rings. The van der Waals surface area contributed by atoms with Gasteiger partial charge >= 0.3 is 0 Å². The largest absolute Gasteiger partial charge is 0.337 e. The molecule has 9 heteroatoms. The van der Waals surface area contributed by atoms with Crippen LogP contribution in [-0.2, 0) is 21.4 Å². The van der Waals surface area contributed by atoms with Crippen molar-refractivity contribution in [2.24, 2.45) is 5.92 Å². The zero-order valence-electron chi connectivity index (χ0n) is 13.6. The fourth-order valence-corrected chi connectivity index (χ4v) is 4.82. The van der Waals surface area contributed by atoms with E-state index in [1.54, 1.807) is 9.58 Å². The summed E-state index contributed by atoms with van der Waals surface area (Å²) in [5.41, 5.74) is 0.753. The van der Waals surface area contributed by atoms with Crippen LogP contribution in [0.3, 0.4) is 0 Å². The van der Waals surface area contributed by atoms with Crippen LogP contribution in [0, 0.1) is 5.92 Å². The Bertz CT molecular complexity index is 678. The molecular weight excluding hydrogens is 318 g/mol. The van der Waals surface area contributed by atoms with Crippen molar-refractivity contribution in [3.8, 4) is 0 Å². The summed E-state index contributed by atoms with van der Waals surface area (Å²) < 4.78 is 27.4. The second kappa shape index (κ2) is 6.20. The van der Waals surface area contributed by atoms with Crippen LogP contribution in [0.25, 0.3) is 0 Å². The van der Waals surface area contributed by atoms with Crippen LogP contribution in [0.4, 0.5) is 0 Å². The first kappa shape index (κ1) is 16.4. The van der Waals surface area contributed by atoms with Gasteiger partial charge in [0.05, 0.1) is 24.5 Å². The van der Waals surface area contributed by atoms with Gasteiger partial charge in [0.1, 0.15) is 5.69 Å². The maximum atomic E-state index is 12.1. The van der Waals surface area contributed by atoms with E-state index in [1.807, 2.05) is 20.0 Å². The second-order valence-electron chi connectivity index (χ2n) is 6.75. The Morgan fingerprint density at radius 3 is 2.70 bits per heavy atom. The molecule has 23 heavy (non-hydrogen) atoms. The number of hydrogen-bond acceptors (Lipinski definition) is 5. The Kier molecular flexibility index (Phi) is 4.41. The second-order valence-corrected chi connectivity index (χ2v) is 8.77. The number of sulfonamides is 1. The first-order valence-electron chi connectivity index (χ1n) is 8.01. The Labute approximate surface area is 136 Å². The van der Waals surface area contributed by atoms with Crippen molar-refractivity contribution < 1.29 is 13.2 Å². The van der Waals surface area contributed by atoms with E-state index in [1.165, 1.54) is 4.31 Å². The van der Waals surface area contributed by atoms with Crippen LogP contribution in [0.5, 0.6) is 0 Å². The lowest BCUT2D eigenvalue weighted by Crippen LogP contribution is -2.51. The minimum absolute atomic E-state index is 0.0347. The Balaban J connectivity index is 1.55. The van der Waals surface area contributed by atoms with Gasteiger partial charge in [-0.2, -0.15) is 4.31 Å². The van der Waals surface area contributed by atoms with Gasteiger partial charge < -0.3 is 4.90 Å². The third-order valence-electron chi connectivity index (χ3n) is 4.22. The summed E-state index contributed by atoms with van der Waals surface area (Å²) in [6.45, 7) is 5.95. The van der Waals surface area contributed by atoms with Gasteiger partial charge in [-0.1, -0.05) is 19.1 Å². The highest BCUT2D eigenvalue weighted by atomic mass is 32.2. The van der Waals surface area contributed by atoms with E-state index in [-0.39, 0.29) is 23.6 Å². The van der Waals surface area contributed by atoms with Crippen LogP contribution in [-0.4, -0.2) is 63.9 Å². The highest BCUT2D eigenvalue weighted by Crippen LogP contribution is 2.25. The van der Waals surface area contributed by atoms with E-state index in [0.29, 0.717) is 26.1 Å². The quantitative estimate of drug-likeness (QED) is 0.740. The van der Waals surface area contributed by atoms with Gasteiger partial charge in [0.2, 0.25) is 15.9 Å². The molecule has 0 aromatic carbocycles. The van der Waals surface area contributed by atoms with Crippen molar-refractivity contribution in [3.63, 3.8) is 0 Å². The van der Waals surface area contributed by atoms with Gasteiger partial charge in [0.25, 0.3) is 0 Å². The first-order chi connectivity index (χ1) is 10.8. The molecule has 3 rings (SSSR count). The van der Waals surface area contributed by atoms with E-state index in [0.717, 1.165) is 18.7 Å². The van der Waals surface area contributed by atoms with Crippen LogP contribution < -0.4 is 0 Å². The molecule has 0 bridgehead atoms. The van der Waals surface area contributed by atoms with Gasteiger partial charge in [-0.25, -0.2) is 13.1 Å². The SMILES string of the molecule is CC(C)CS(=O)(=O)N1CC(n2cc(CN3CCCC3=O)nn2)C1. The van der Waals surface area contributed by atoms with Crippen LogP contribution in [0.1, 0.15) is 38.4 Å². The molecule has 2 aliphatic heterocycles. The molecule has 0 spiro atoms. The lowest BCUT2D eigenvalue weighted by molar-refractivity contribution is -0.128. The van der Waals surface area contributed by atoms with Gasteiger partial charge in [0.15, 0.2) is 0 Å². The number of hydrogen-bond donors (Lipinski definition) is 0. The number of rotatable bonds is 6. The molecule has 0 aliphatic carbocycles. The zero-order valence-corrected chi connectivity index (χ0v) is 14.4. The summed E-state index contributed by atoms with van der Waals surface area (Å²) in [4.78, 5) is 13.4. The molecule has 0 saturated carbocycles. The fraction of sp³-hybridized carbons (Fsp3) is 0.786. The average Bonchev–Trinajstić information content (AvgIpc) is 2.97. The Hall–Kier alpha value is -1.48. The van der Waals surface area contributed by atoms with Crippen molar-refractivity contribution in [2.45, 2.75) is 39.3 Å². The summed E-state index contributed by atoms with van der Waals surface area (Å²) in [7, 11) is -3.16. The summed E-state index contributed by atoms with van der Waals surface area (Å²) in [5.74, 6) is 0.462. The fourth-order valence-electron chi connectivity index (χ4n) is 2.97. The van der Waals surface area contributed by atoms with Crippen molar-refractivity contribution in [1.82, 2.24) is 24.2 Å². The number of carbonyl (C=O) groups excluding carboxylic acids is 1. The third kappa shape index (κ3) is 3.55. The predicted molar refractivity (Wildman–Crippen MR) is 83.9 cm³/mol. The summed E-state index contributed by atoms with van der Waals surface area (Å²) in [6.07, 6.45) is 3.33. The average molecular weight is 341 g/mol. The summed E-state index contributed by atoms with van der Waals surface area (Å²) in [6, 6.07) is 0.0347. The van der Waals surface area contributed by atoms with Crippen molar-refractivity contribution in [1.29, 1.82) is 0 Å². The van der Waals surface area contributed by atoms with E-state index >= 15 is 0 Å². The van der Waals surface area contributed by atoms with Gasteiger partial charge in [-0.15, -0.1) is 5.10 Å². The molecule has 2 fully saturated rings. The minimum Gasteiger partial charge on any atom is -0.337 e. The topological polar surface area (TPSA) is 88.4 Å². The number of aromatic nitrogens is 3. The normalized spacial score (nSPS) is 20.5. The van der Waals surface area contributed by atoms with Gasteiger partial charge in [-0.05, 0) is 12.3 Å². The number of amides is 1. The molecular formula is C14H23N5O3S. The maximum Gasteiger partial charge on any atom is 0.222 e. The van der Waals surface area contributed by atoms with Crippen LogP contribution in [0.15, 0.2) is 6.20 Å². The molecule has 0 atom stereocenters. The standard InChI is InChI=1S/C14H23N5O3S/c1-11(2)10-23(21,22)18-8-13(9-18)19-7-12(15-16-19)6-17-5-3-4-14(17)20/h7,11,13H,3-6,8-10H2,1-2H3. The smallest absolute Gasteiger partial charge is 0.222 e. The highest BCUT2D eigenvalue weighted by Gasteiger charge is 2.37. The van der Waals surface area contributed by atoms with Gasteiger partial charge in [-0.3, -0.25) is 4.79 Å². The summed E-state index contributed by atoms with van der Waals surface area (Å²) >= 11 is 0. The first-order valence-corrected chi connectivity index (χ1v) is 9.62. The molecule has 0 unspecified atom stereocenters. The molecule has 1 aromatic heterocycles. The molecule has 1 amide bonds. The predicted octanol–water partition coefficient (Wildman–Crippen LogP) is 0.243. The van der Waals surface area contributed by atoms with E-state index in [9.17, 15) is 13.2 Å². The minimum atomic E-state index is -3.16. The number of likely N-dealkylation sites (tertiary alicyclic amines) is 1. The lowest BCUT2D eigenvalue weighted by Gasteiger charge is -2.38. The van der Waals surface area contributed by atoms with Crippen molar-refractivity contribution >= 4 is 15.9 Å². The van der Waals surface area contributed by atoms with Crippen molar-refractivity contribution in [3.05, 3.63) is 11.9 Å². The zero-order chi connectivity index (χ0) is 16.6. The van der Waals surface area contributed by atoms with Crippen LogP contribution in [0.2, 0.25) is 0 Å². The number of carbonyl (C=O) groups is 1. The highest BCUT2D eigenvalue weighted by molar-refractivity contribution is 7.89.